The largest absolute Gasteiger partial charge is 0.327 e. The van der Waals surface area contributed by atoms with Gasteiger partial charge in [0, 0.05) is 6.04 Å². The summed E-state index contributed by atoms with van der Waals surface area (Å²) in [5.41, 5.74) is 5.91. The maximum Gasteiger partial charge on any atom is 0.249 e. The molecule has 0 radical (unpaired) electrons. The predicted octanol–water partition coefficient (Wildman–Crippen LogP) is -0.623. The molecule has 1 aliphatic carbocycles. The van der Waals surface area contributed by atoms with Crippen LogP contribution in [0.2, 0.25) is 0 Å². The van der Waals surface area contributed by atoms with Gasteiger partial charge in [-0.2, -0.15) is 0 Å². The third kappa shape index (κ3) is 2.25. The van der Waals surface area contributed by atoms with Crippen LogP contribution in [0.1, 0.15) is 32.6 Å². The molecule has 3 atom stereocenters. The van der Waals surface area contributed by atoms with E-state index < -0.39 is 11.9 Å². The second-order valence-electron chi connectivity index (χ2n) is 5.00. The molecule has 18 heavy (non-hydrogen) atoms. The van der Waals surface area contributed by atoms with E-state index in [0.29, 0.717) is 6.42 Å². The van der Waals surface area contributed by atoms with Crippen molar-refractivity contribution in [2.45, 2.75) is 44.7 Å². The van der Waals surface area contributed by atoms with Crippen molar-refractivity contribution in [2.75, 3.05) is 6.54 Å². The van der Waals surface area contributed by atoms with Gasteiger partial charge in [0.15, 0.2) is 0 Å². The summed E-state index contributed by atoms with van der Waals surface area (Å²) in [6.07, 6.45) is 3.03. The van der Waals surface area contributed by atoms with E-state index in [4.69, 9.17) is 5.73 Å². The number of hydrogen-bond acceptors (Lipinski definition) is 4. The molecule has 1 saturated heterocycles. The molecule has 0 aromatic carbocycles. The van der Waals surface area contributed by atoms with E-state index in [9.17, 15) is 14.4 Å². The molecule has 2 rings (SSSR count). The number of hydrogen-bond donors (Lipinski definition) is 2. The molecule has 0 aromatic rings. The molecule has 6 nitrogen and oxygen atoms in total. The molecule has 6 heteroatoms. The Morgan fingerprint density at radius 2 is 2.17 bits per heavy atom. The topological polar surface area (TPSA) is 92.5 Å². The van der Waals surface area contributed by atoms with Gasteiger partial charge < -0.3 is 10.6 Å². The summed E-state index contributed by atoms with van der Waals surface area (Å²) in [7, 11) is 0. The number of nitrogens with zero attached hydrogens (tertiary/aromatic N) is 1. The normalized spacial score (nSPS) is 32.6. The van der Waals surface area contributed by atoms with Crippen molar-refractivity contribution in [3.05, 3.63) is 0 Å². The van der Waals surface area contributed by atoms with E-state index in [1.807, 2.05) is 6.92 Å². The number of carbonyl (C=O) groups excluding carboxylic acids is 3. The quantitative estimate of drug-likeness (QED) is 0.641. The first kappa shape index (κ1) is 13.0. The minimum Gasteiger partial charge on any atom is -0.327 e. The van der Waals surface area contributed by atoms with Crippen LogP contribution in [-0.2, 0) is 14.4 Å². The van der Waals surface area contributed by atoms with Crippen LogP contribution in [0.5, 0.6) is 0 Å². The molecule has 0 aromatic heterocycles. The van der Waals surface area contributed by atoms with Gasteiger partial charge in [-0.05, 0) is 19.3 Å². The number of imide groups is 1. The Labute approximate surface area is 106 Å². The first-order valence-electron chi connectivity index (χ1n) is 6.44. The smallest absolute Gasteiger partial charge is 0.249 e. The summed E-state index contributed by atoms with van der Waals surface area (Å²) < 4.78 is 0. The zero-order valence-electron chi connectivity index (χ0n) is 10.5. The molecule has 0 spiro atoms. The van der Waals surface area contributed by atoms with Gasteiger partial charge in [-0.15, -0.1) is 0 Å². The first-order valence-corrected chi connectivity index (χ1v) is 6.44. The third-order valence-corrected chi connectivity index (χ3v) is 3.81. The van der Waals surface area contributed by atoms with Crippen LogP contribution >= 0.6 is 0 Å². The maximum atomic E-state index is 12.4. The van der Waals surface area contributed by atoms with Crippen LogP contribution in [0.3, 0.4) is 0 Å². The van der Waals surface area contributed by atoms with Gasteiger partial charge in [-0.1, -0.05) is 13.3 Å². The Balaban J connectivity index is 2.15. The van der Waals surface area contributed by atoms with E-state index in [0.717, 1.165) is 19.3 Å². The third-order valence-electron chi connectivity index (χ3n) is 3.81. The van der Waals surface area contributed by atoms with Gasteiger partial charge >= 0.3 is 0 Å². The van der Waals surface area contributed by atoms with Crippen LogP contribution in [0.4, 0.5) is 0 Å². The van der Waals surface area contributed by atoms with Gasteiger partial charge in [-0.3, -0.25) is 19.7 Å². The highest BCUT2D eigenvalue weighted by molar-refractivity contribution is 6.04. The van der Waals surface area contributed by atoms with Crippen molar-refractivity contribution >= 4 is 17.7 Å². The molecular weight excluding hydrogens is 234 g/mol. The number of carbonyl (C=O) groups is 3. The number of nitrogens with two attached hydrogens (primary N) is 1. The predicted molar refractivity (Wildman–Crippen MR) is 64.3 cm³/mol. The number of amides is 3. The minimum atomic E-state index is -0.539. The fourth-order valence-corrected chi connectivity index (χ4v) is 2.81. The monoisotopic (exact) mass is 253 g/mol. The summed E-state index contributed by atoms with van der Waals surface area (Å²) >= 11 is 0. The van der Waals surface area contributed by atoms with Gasteiger partial charge in [0.2, 0.25) is 17.7 Å². The summed E-state index contributed by atoms with van der Waals surface area (Å²) in [5.74, 6) is -1.17. The van der Waals surface area contributed by atoms with Crippen LogP contribution in [0.25, 0.3) is 0 Å². The van der Waals surface area contributed by atoms with Crippen LogP contribution < -0.4 is 11.1 Å². The summed E-state index contributed by atoms with van der Waals surface area (Å²) in [6.45, 7) is 1.79. The second kappa shape index (κ2) is 5.06. The average molecular weight is 253 g/mol. The summed E-state index contributed by atoms with van der Waals surface area (Å²) in [4.78, 5) is 36.9. The first-order chi connectivity index (χ1) is 8.54. The minimum absolute atomic E-state index is 0.0354. The van der Waals surface area contributed by atoms with Crippen molar-refractivity contribution in [3.8, 4) is 0 Å². The summed E-state index contributed by atoms with van der Waals surface area (Å²) in [6, 6.07) is -0.682. The molecule has 3 N–H and O–H groups in total. The molecule has 3 unspecified atom stereocenters. The van der Waals surface area contributed by atoms with Gasteiger partial charge in [0.1, 0.15) is 12.6 Å². The Bertz CT molecular complexity index is 383. The van der Waals surface area contributed by atoms with E-state index in [-0.39, 0.29) is 30.3 Å². The fraction of sp³-hybridized carbons (Fsp3) is 0.750. The highest BCUT2D eigenvalue weighted by atomic mass is 16.2. The average Bonchev–Trinajstić information content (AvgIpc) is 2.73. The molecule has 100 valence electrons. The Hall–Kier alpha value is -1.43. The highest BCUT2D eigenvalue weighted by Gasteiger charge is 2.41. The summed E-state index contributed by atoms with van der Waals surface area (Å²) in [5, 5.41) is 2.26. The zero-order chi connectivity index (χ0) is 13.3. The lowest BCUT2D eigenvalue weighted by molar-refractivity contribution is -0.152. The van der Waals surface area contributed by atoms with E-state index >= 15 is 0 Å². The van der Waals surface area contributed by atoms with E-state index in [1.165, 1.54) is 4.90 Å². The lowest BCUT2D eigenvalue weighted by Crippen LogP contribution is -2.61. The molecule has 0 bridgehead atoms. The Kier molecular flexibility index (Phi) is 3.65. The standard InChI is InChI=1S/C12H19N3O3/c1-2-9-11(17)14-10(16)6-15(9)12(18)7-4-3-5-8(7)13/h7-9H,2-6,13H2,1H3,(H,14,16,17). The fourth-order valence-electron chi connectivity index (χ4n) is 2.81. The Morgan fingerprint density at radius 1 is 1.44 bits per heavy atom. The van der Waals surface area contributed by atoms with Crippen LogP contribution in [0, 0.1) is 5.92 Å². The zero-order valence-corrected chi connectivity index (χ0v) is 10.5. The van der Waals surface area contributed by atoms with Crippen molar-refractivity contribution < 1.29 is 14.4 Å². The SMILES string of the molecule is CCC1C(=O)NC(=O)CN1C(=O)C1CCCC1N. The van der Waals surface area contributed by atoms with Crippen LogP contribution in [-0.4, -0.2) is 41.2 Å². The molecule has 1 saturated carbocycles. The van der Waals surface area contributed by atoms with Gasteiger partial charge in [0.05, 0.1) is 5.92 Å². The molecule has 1 aliphatic heterocycles. The van der Waals surface area contributed by atoms with Crippen molar-refractivity contribution in [1.29, 1.82) is 0 Å². The van der Waals surface area contributed by atoms with Crippen molar-refractivity contribution in [2.24, 2.45) is 11.7 Å². The molecule has 1 heterocycles. The number of piperazine rings is 1. The molecule has 2 aliphatic rings. The van der Waals surface area contributed by atoms with Gasteiger partial charge in [0.25, 0.3) is 0 Å². The van der Waals surface area contributed by atoms with Crippen molar-refractivity contribution in [1.82, 2.24) is 10.2 Å². The molecule has 2 fully saturated rings. The van der Waals surface area contributed by atoms with Crippen LogP contribution in [0.15, 0.2) is 0 Å². The lowest BCUT2D eigenvalue weighted by Gasteiger charge is -2.35. The maximum absolute atomic E-state index is 12.4. The van der Waals surface area contributed by atoms with Gasteiger partial charge in [-0.25, -0.2) is 0 Å². The highest BCUT2D eigenvalue weighted by Crippen LogP contribution is 2.27. The van der Waals surface area contributed by atoms with E-state index in [2.05, 4.69) is 5.32 Å². The Morgan fingerprint density at radius 3 is 2.72 bits per heavy atom. The van der Waals surface area contributed by atoms with E-state index in [1.54, 1.807) is 0 Å². The number of nitrogens with one attached hydrogen (secondary N) is 1. The molecular formula is C12H19N3O3. The lowest BCUT2D eigenvalue weighted by atomic mass is 9.99. The number of rotatable bonds is 2. The molecule has 3 amide bonds. The second-order valence-corrected chi connectivity index (χ2v) is 5.00. The van der Waals surface area contributed by atoms with Crippen molar-refractivity contribution in [3.63, 3.8) is 0 Å².